The molecular weight excluding hydrogens is 184 g/mol. The molecule has 0 bridgehead atoms. The van der Waals surface area contributed by atoms with Crippen LogP contribution in [-0.4, -0.2) is 35.7 Å². The lowest BCUT2D eigenvalue weighted by Gasteiger charge is -2.12. The standard InChI is InChI=1S/C8H16N4S/c1-4-5-12(3)6-7-10-11-8(9-2)13-7/h4-6H2,1-3H3,(H,9,11). The summed E-state index contributed by atoms with van der Waals surface area (Å²) < 4.78 is 0. The van der Waals surface area contributed by atoms with Gasteiger partial charge in [0.15, 0.2) is 0 Å². The zero-order valence-corrected chi connectivity index (χ0v) is 9.19. The van der Waals surface area contributed by atoms with Crippen LogP contribution in [0.1, 0.15) is 18.4 Å². The number of hydrogen-bond acceptors (Lipinski definition) is 5. The molecule has 74 valence electrons. The Morgan fingerprint density at radius 1 is 1.46 bits per heavy atom. The topological polar surface area (TPSA) is 41.1 Å². The minimum atomic E-state index is 0.889. The lowest BCUT2D eigenvalue weighted by molar-refractivity contribution is 0.326. The zero-order valence-electron chi connectivity index (χ0n) is 8.37. The second kappa shape index (κ2) is 5.14. The van der Waals surface area contributed by atoms with Gasteiger partial charge in [0.2, 0.25) is 5.13 Å². The predicted molar refractivity (Wildman–Crippen MR) is 56.1 cm³/mol. The van der Waals surface area contributed by atoms with Crippen LogP contribution in [0.15, 0.2) is 0 Å². The second-order valence-corrected chi connectivity index (χ2v) is 4.05. The fourth-order valence-electron chi connectivity index (χ4n) is 1.11. The highest BCUT2D eigenvalue weighted by Crippen LogP contribution is 2.15. The molecule has 1 rings (SSSR count). The first-order valence-electron chi connectivity index (χ1n) is 4.45. The number of rotatable bonds is 5. The minimum absolute atomic E-state index is 0.889. The van der Waals surface area contributed by atoms with Gasteiger partial charge in [0, 0.05) is 7.05 Å². The molecule has 0 atom stereocenters. The predicted octanol–water partition coefficient (Wildman–Crippen LogP) is 1.42. The molecule has 0 spiro atoms. The molecule has 0 unspecified atom stereocenters. The average Bonchev–Trinajstić information content (AvgIpc) is 2.52. The van der Waals surface area contributed by atoms with Crippen LogP contribution in [0.2, 0.25) is 0 Å². The largest absolute Gasteiger partial charge is 0.363 e. The summed E-state index contributed by atoms with van der Waals surface area (Å²) in [5.41, 5.74) is 0. The SMILES string of the molecule is CCCN(C)Cc1nnc(NC)s1. The van der Waals surface area contributed by atoms with Crippen LogP contribution in [0.25, 0.3) is 0 Å². The van der Waals surface area contributed by atoms with Crippen molar-refractivity contribution in [2.75, 3.05) is 26.0 Å². The van der Waals surface area contributed by atoms with Crippen molar-refractivity contribution in [3.05, 3.63) is 5.01 Å². The number of nitrogens with one attached hydrogen (secondary N) is 1. The summed E-state index contributed by atoms with van der Waals surface area (Å²) in [6.07, 6.45) is 1.17. The van der Waals surface area contributed by atoms with Crippen LogP contribution < -0.4 is 5.32 Å². The zero-order chi connectivity index (χ0) is 9.68. The molecule has 1 heterocycles. The number of hydrogen-bond donors (Lipinski definition) is 1. The van der Waals surface area contributed by atoms with Crippen molar-refractivity contribution in [1.82, 2.24) is 15.1 Å². The van der Waals surface area contributed by atoms with Crippen LogP contribution in [0.5, 0.6) is 0 Å². The van der Waals surface area contributed by atoms with E-state index in [9.17, 15) is 0 Å². The number of nitrogens with zero attached hydrogens (tertiary/aromatic N) is 3. The van der Waals surface area contributed by atoms with Crippen molar-refractivity contribution in [1.29, 1.82) is 0 Å². The molecule has 5 heteroatoms. The van der Waals surface area contributed by atoms with E-state index in [2.05, 4.69) is 34.4 Å². The molecule has 1 N–H and O–H groups in total. The van der Waals surface area contributed by atoms with E-state index >= 15 is 0 Å². The molecule has 0 radical (unpaired) electrons. The van der Waals surface area contributed by atoms with E-state index in [-0.39, 0.29) is 0 Å². The maximum atomic E-state index is 4.07. The van der Waals surface area contributed by atoms with Crippen LogP contribution in [0.3, 0.4) is 0 Å². The van der Waals surface area contributed by atoms with Gasteiger partial charge < -0.3 is 5.32 Å². The molecule has 0 saturated carbocycles. The van der Waals surface area contributed by atoms with Gasteiger partial charge in [0.05, 0.1) is 6.54 Å². The van der Waals surface area contributed by atoms with Crippen molar-refractivity contribution < 1.29 is 0 Å². The van der Waals surface area contributed by atoms with E-state index in [4.69, 9.17) is 0 Å². The van der Waals surface area contributed by atoms with E-state index in [1.165, 1.54) is 6.42 Å². The van der Waals surface area contributed by atoms with Gasteiger partial charge in [-0.05, 0) is 20.0 Å². The fraction of sp³-hybridized carbons (Fsp3) is 0.750. The highest BCUT2D eigenvalue weighted by molar-refractivity contribution is 7.15. The normalized spacial score (nSPS) is 10.8. The van der Waals surface area contributed by atoms with Crippen LogP contribution in [-0.2, 0) is 6.54 Å². The first kappa shape index (κ1) is 10.4. The third-order valence-corrected chi connectivity index (χ3v) is 2.62. The summed E-state index contributed by atoms with van der Waals surface area (Å²) in [5, 5.41) is 13.0. The van der Waals surface area contributed by atoms with Crippen LogP contribution in [0, 0.1) is 0 Å². The highest BCUT2D eigenvalue weighted by Gasteiger charge is 2.04. The summed E-state index contributed by atoms with van der Waals surface area (Å²) in [6.45, 7) is 4.18. The highest BCUT2D eigenvalue weighted by atomic mass is 32.1. The van der Waals surface area contributed by atoms with Gasteiger partial charge in [-0.25, -0.2) is 0 Å². The molecule has 0 fully saturated rings. The summed E-state index contributed by atoms with van der Waals surface area (Å²) in [4.78, 5) is 2.25. The summed E-state index contributed by atoms with van der Waals surface area (Å²) in [7, 11) is 3.96. The van der Waals surface area contributed by atoms with Gasteiger partial charge >= 0.3 is 0 Å². The fourth-order valence-corrected chi connectivity index (χ4v) is 1.88. The Kier molecular flexibility index (Phi) is 4.11. The summed E-state index contributed by atoms with van der Waals surface area (Å²) in [5.74, 6) is 0. The maximum Gasteiger partial charge on any atom is 0.205 e. The Labute approximate surface area is 83.0 Å². The quantitative estimate of drug-likeness (QED) is 0.780. The van der Waals surface area contributed by atoms with E-state index in [0.717, 1.165) is 23.2 Å². The van der Waals surface area contributed by atoms with E-state index in [1.807, 2.05) is 7.05 Å². The Balaban J connectivity index is 2.44. The molecule has 0 saturated heterocycles. The van der Waals surface area contributed by atoms with E-state index in [0.29, 0.717) is 0 Å². The molecule has 0 aliphatic carbocycles. The molecule has 1 aromatic heterocycles. The third-order valence-electron chi connectivity index (χ3n) is 1.69. The molecule has 1 aromatic rings. The van der Waals surface area contributed by atoms with Crippen LogP contribution >= 0.6 is 11.3 Å². The van der Waals surface area contributed by atoms with Crippen molar-refractivity contribution in [2.24, 2.45) is 0 Å². The van der Waals surface area contributed by atoms with Crippen molar-refractivity contribution in [3.8, 4) is 0 Å². The van der Waals surface area contributed by atoms with Gasteiger partial charge in [-0.3, -0.25) is 4.90 Å². The monoisotopic (exact) mass is 200 g/mol. The molecular formula is C8H16N4S. The summed E-state index contributed by atoms with van der Waals surface area (Å²) in [6, 6.07) is 0. The molecule has 0 aromatic carbocycles. The van der Waals surface area contributed by atoms with Gasteiger partial charge in [0.25, 0.3) is 0 Å². The Bertz CT molecular complexity index is 248. The van der Waals surface area contributed by atoms with Gasteiger partial charge in [-0.15, -0.1) is 10.2 Å². The Morgan fingerprint density at radius 3 is 2.77 bits per heavy atom. The van der Waals surface area contributed by atoms with Crippen molar-refractivity contribution in [2.45, 2.75) is 19.9 Å². The summed E-state index contributed by atoms with van der Waals surface area (Å²) >= 11 is 1.61. The van der Waals surface area contributed by atoms with E-state index in [1.54, 1.807) is 11.3 Å². The van der Waals surface area contributed by atoms with Crippen molar-refractivity contribution in [3.63, 3.8) is 0 Å². The van der Waals surface area contributed by atoms with Crippen LogP contribution in [0.4, 0.5) is 5.13 Å². The van der Waals surface area contributed by atoms with Gasteiger partial charge in [-0.1, -0.05) is 18.3 Å². The molecule has 0 aliphatic rings. The molecule has 4 nitrogen and oxygen atoms in total. The second-order valence-electron chi connectivity index (χ2n) is 2.99. The van der Waals surface area contributed by atoms with Gasteiger partial charge in [0.1, 0.15) is 5.01 Å². The lowest BCUT2D eigenvalue weighted by atomic mass is 10.4. The lowest BCUT2D eigenvalue weighted by Crippen LogP contribution is -2.18. The number of aromatic nitrogens is 2. The maximum absolute atomic E-state index is 4.07. The molecule has 0 amide bonds. The van der Waals surface area contributed by atoms with Gasteiger partial charge in [-0.2, -0.15) is 0 Å². The first-order valence-corrected chi connectivity index (χ1v) is 5.26. The first-order chi connectivity index (χ1) is 6.26. The molecule has 13 heavy (non-hydrogen) atoms. The Hall–Kier alpha value is -0.680. The number of anilines is 1. The van der Waals surface area contributed by atoms with Crippen molar-refractivity contribution >= 4 is 16.5 Å². The average molecular weight is 200 g/mol. The Morgan fingerprint density at radius 2 is 2.23 bits per heavy atom. The smallest absolute Gasteiger partial charge is 0.205 e. The molecule has 0 aliphatic heterocycles. The third kappa shape index (κ3) is 3.28. The minimum Gasteiger partial charge on any atom is -0.363 e. The van der Waals surface area contributed by atoms with E-state index < -0.39 is 0 Å².